The van der Waals surface area contributed by atoms with Crippen LogP contribution < -0.4 is 5.32 Å². The quantitative estimate of drug-likeness (QED) is 0.687. The van der Waals surface area contributed by atoms with Gasteiger partial charge in [-0.3, -0.25) is 4.79 Å². The van der Waals surface area contributed by atoms with Crippen LogP contribution in [0.15, 0.2) is 10.6 Å². The van der Waals surface area contributed by atoms with Gasteiger partial charge >= 0.3 is 5.97 Å². The van der Waals surface area contributed by atoms with Gasteiger partial charge in [-0.2, -0.15) is 0 Å². The molecular weight excluding hydrogens is 278 g/mol. The molecule has 0 aliphatic carbocycles. The molecule has 1 aromatic rings. The van der Waals surface area contributed by atoms with E-state index in [4.69, 9.17) is 5.11 Å². The Labute approximate surface area is 109 Å². The lowest BCUT2D eigenvalue weighted by atomic mass is 10.3. The number of rotatable bonds is 6. The fourth-order valence-corrected chi connectivity index (χ4v) is 1.77. The summed E-state index contributed by atoms with van der Waals surface area (Å²) in [6, 6.07) is 0.956. The summed E-state index contributed by atoms with van der Waals surface area (Å²) >= 11 is 0. The number of carbonyl (C=O) groups is 2. The number of carboxylic acid groups (broad SMARTS) is 1. The number of nitrogens with one attached hydrogen (secondary N) is 1. The zero-order valence-electron chi connectivity index (χ0n) is 10.3. The molecule has 1 rings (SSSR count). The summed E-state index contributed by atoms with van der Waals surface area (Å²) in [4.78, 5) is 22.0. The van der Waals surface area contributed by atoms with Gasteiger partial charge in [0.25, 0.3) is 5.91 Å². The molecule has 9 nitrogen and oxygen atoms in total. The van der Waals surface area contributed by atoms with Crippen molar-refractivity contribution in [2.75, 3.05) is 26.4 Å². The summed E-state index contributed by atoms with van der Waals surface area (Å²) in [5, 5.41) is 14.1. The molecule has 0 atom stereocenters. The number of sulfonamides is 1. The Balaban J connectivity index is 2.54. The van der Waals surface area contributed by atoms with Gasteiger partial charge in [0.2, 0.25) is 15.8 Å². The molecule has 0 aromatic carbocycles. The standard InChI is InChI=1S/C9H13N3O6S/c1-12(2)19(16,17)4-3-10-8(13)6-5-7(9(14)15)18-11-6/h5H,3-4H2,1-2H3,(H,10,13)(H,14,15). The minimum Gasteiger partial charge on any atom is -0.475 e. The first kappa shape index (κ1) is 15.1. The second-order valence-corrected chi connectivity index (χ2v) is 6.04. The molecule has 0 unspecified atom stereocenters. The molecule has 106 valence electrons. The molecule has 0 bridgehead atoms. The van der Waals surface area contributed by atoms with E-state index in [2.05, 4.69) is 15.0 Å². The number of nitrogens with zero attached hydrogens (tertiary/aromatic N) is 2. The van der Waals surface area contributed by atoms with Gasteiger partial charge < -0.3 is 14.9 Å². The zero-order valence-corrected chi connectivity index (χ0v) is 11.1. The van der Waals surface area contributed by atoms with Crippen LogP contribution in [0, 0.1) is 0 Å². The largest absolute Gasteiger partial charge is 0.475 e. The lowest BCUT2D eigenvalue weighted by Gasteiger charge is -2.10. The van der Waals surface area contributed by atoms with Crippen molar-refractivity contribution >= 4 is 21.9 Å². The number of aromatic carboxylic acids is 1. The van der Waals surface area contributed by atoms with Crippen LogP contribution in [0.1, 0.15) is 21.0 Å². The molecule has 1 amide bonds. The molecule has 0 aliphatic rings. The average Bonchev–Trinajstić information content (AvgIpc) is 2.77. The van der Waals surface area contributed by atoms with Crippen molar-refractivity contribution in [2.24, 2.45) is 0 Å². The van der Waals surface area contributed by atoms with E-state index < -0.39 is 27.7 Å². The van der Waals surface area contributed by atoms with E-state index in [0.717, 1.165) is 10.4 Å². The maximum Gasteiger partial charge on any atom is 0.374 e. The minimum atomic E-state index is -3.40. The Kier molecular flexibility index (Phi) is 4.62. The molecule has 0 aliphatic heterocycles. The third-order valence-corrected chi connectivity index (χ3v) is 3.99. The van der Waals surface area contributed by atoms with Crippen molar-refractivity contribution in [2.45, 2.75) is 0 Å². The maximum absolute atomic E-state index is 11.5. The first-order valence-corrected chi connectivity index (χ1v) is 6.73. The van der Waals surface area contributed by atoms with E-state index in [1.54, 1.807) is 0 Å². The molecule has 2 N–H and O–H groups in total. The lowest BCUT2D eigenvalue weighted by molar-refractivity contribution is 0.0651. The Morgan fingerprint density at radius 1 is 1.47 bits per heavy atom. The molecule has 10 heteroatoms. The zero-order chi connectivity index (χ0) is 14.6. The fourth-order valence-electron chi connectivity index (χ4n) is 1.05. The number of hydrogen-bond donors (Lipinski definition) is 2. The van der Waals surface area contributed by atoms with Crippen molar-refractivity contribution in [3.05, 3.63) is 17.5 Å². The average molecular weight is 291 g/mol. The first-order chi connectivity index (χ1) is 8.74. The topological polar surface area (TPSA) is 130 Å². The fraction of sp³-hybridized carbons (Fsp3) is 0.444. The second-order valence-electron chi connectivity index (χ2n) is 3.74. The van der Waals surface area contributed by atoms with E-state index in [1.807, 2.05) is 0 Å². The number of amides is 1. The third-order valence-electron chi connectivity index (χ3n) is 2.16. The summed E-state index contributed by atoms with van der Waals surface area (Å²) < 4.78 is 28.2. The van der Waals surface area contributed by atoms with Gasteiger partial charge in [0.15, 0.2) is 5.69 Å². The first-order valence-electron chi connectivity index (χ1n) is 5.12. The van der Waals surface area contributed by atoms with Crippen LogP contribution >= 0.6 is 0 Å². The Morgan fingerprint density at radius 3 is 2.58 bits per heavy atom. The molecule has 19 heavy (non-hydrogen) atoms. The Hall–Kier alpha value is -1.94. The number of aromatic nitrogens is 1. The highest BCUT2D eigenvalue weighted by atomic mass is 32.2. The van der Waals surface area contributed by atoms with Crippen molar-refractivity contribution in [3.63, 3.8) is 0 Å². The highest BCUT2D eigenvalue weighted by Gasteiger charge is 2.18. The summed E-state index contributed by atoms with van der Waals surface area (Å²) in [5.74, 6) is -2.78. The monoisotopic (exact) mass is 291 g/mol. The molecule has 0 saturated heterocycles. The number of carboxylic acids is 1. The molecule has 0 saturated carbocycles. The third kappa shape index (κ3) is 4.03. The van der Waals surface area contributed by atoms with Gasteiger partial charge in [0, 0.05) is 26.7 Å². The SMILES string of the molecule is CN(C)S(=O)(=O)CCNC(=O)c1cc(C(=O)O)on1. The van der Waals surface area contributed by atoms with Crippen molar-refractivity contribution < 1.29 is 27.6 Å². The minimum absolute atomic E-state index is 0.116. The van der Waals surface area contributed by atoms with E-state index in [9.17, 15) is 18.0 Å². The maximum atomic E-state index is 11.5. The molecule has 0 radical (unpaired) electrons. The van der Waals surface area contributed by atoms with Gasteiger partial charge in [-0.25, -0.2) is 17.5 Å². The van der Waals surface area contributed by atoms with Crippen LogP contribution in [0.5, 0.6) is 0 Å². The van der Waals surface area contributed by atoms with Gasteiger partial charge in [-0.1, -0.05) is 5.16 Å². The lowest BCUT2D eigenvalue weighted by Crippen LogP contribution is -2.34. The van der Waals surface area contributed by atoms with E-state index >= 15 is 0 Å². The highest BCUT2D eigenvalue weighted by molar-refractivity contribution is 7.89. The van der Waals surface area contributed by atoms with Crippen LogP contribution in [0.3, 0.4) is 0 Å². The normalized spacial score (nSPS) is 11.5. The summed E-state index contributed by atoms with van der Waals surface area (Å²) in [6.07, 6.45) is 0. The Morgan fingerprint density at radius 2 is 2.11 bits per heavy atom. The van der Waals surface area contributed by atoms with Crippen molar-refractivity contribution in [1.29, 1.82) is 0 Å². The van der Waals surface area contributed by atoms with Gasteiger partial charge in [-0.15, -0.1) is 0 Å². The van der Waals surface area contributed by atoms with Gasteiger partial charge in [-0.05, 0) is 0 Å². The predicted molar refractivity (Wildman–Crippen MR) is 63.3 cm³/mol. The van der Waals surface area contributed by atoms with Gasteiger partial charge in [0.05, 0.1) is 5.75 Å². The van der Waals surface area contributed by atoms with Crippen molar-refractivity contribution in [3.8, 4) is 0 Å². The van der Waals surface area contributed by atoms with Gasteiger partial charge in [0.1, 0.15) is 0 Å². The Bertz CT molecular complexity index is 577. The molecule has 0 spiro atoms. The predicted octanol–water partition coefficient (Wildman–Crippen LogP) is -1.01. The molecule has 1 aromatic heterocycles. The number of carbonyl (C=O) groups excluding carboxylic acids is 1. The van der Waals surface area contributed by atoms with E-state index in [1.165, 1.54) is 14.1 Å². The van der Waals surface area contributed by atoms with E-state index in [0.29, 0.717) is 0 Å². The summed E-state index contributed by atoms with van der Waals surface area (Å²) in [6.45, 7) is -0.116. The summed E-state index contributed by atoms with van der Waals surface area (Å²) in [7, 11) is -0.638. The second kappa shape index (κ2) is 5.80. The smallest absolute Gasteiger partial charge is 0.374 e. The van der Waals surface area contributed by atoms with Crippen LogP contribution in [-0.4, -0.2) is 61.3 Å². The number of hydrogen-bond acceptors (Lipinski definition) is 6. The van der Waals surface area contributed by atoms with Crippen molar-refractivity contribution in [1.82, 2.24) is 14.8 Å². The highest BCUT2D eigenvalue weighted by Crippen LogP contribution is 2.03. The van der Waals surface area contributed by atoms with E-state index in [-0.39, 0.29) is 18.0 Å². The van der Waals surface area contributed by atoms with Crippen LogP contribution in [0.4, 0.5) is 0 Å². The van der Waals surface area contributed by atoms with Crippen LogP contribution in [-0.2, 0) is 10.0 Å². The van der Waals surface area contributed by atoms with Crippen LogP contribution in [0.25, 0.3) is 0 Å². The molecule has 0 fully saturated rings. The molecule has 1 heterocycles. The van der Waals surface area contributed by atoms with Crippen LogP contribution in [0.2, 0.25) is 0 Å². The summed E-state index contributed by atoms with van der Waals surface area (Å²) in [5.41, 5.74) is -0.223. The molecular formula is C9H13N3O6S.